The van der Waals surface area contributed by atoms with Crippen molar-refractivity contribution in [2.75, 3.05) is 6.61 Å². The Morgan fingerprint density at radius 1 is 1.24 bits per heavy atom. The fourth-order valence-electron chi connectivity index (χ4n) is 5.96. The highest BCUT2D eigenvalue weighted by molar-refractivity contribution is 8.02. The van der Waals surface area contributed by atoms with Gasteiger partial charge in [0.05, 0.1) is 29.2 Å². The second-order valence-electron chi connectivity index (χ2n) is 10.8. The molecule has 4 rings (SSSR count). The van der Waals surface area contributed by atoms with Gasteiger partial charge in [-0.3, -0.25) is 14.4 Å². The van der Waals surface area contributed by atoms with Crippen molar-refractivity contribution in [2.24, 2.45) is 17.8 Å². The van der Waals surface area contributed by atoms with Crippen LogP contribution in [0.25, 0.3) is 0 Å². The van der Waals surface area contributed by atoms with Crippen molar-refractivity contribution in [3.8, 4) is 0 Å². The van der Waals surface area contributed by atoms with E-state index in [4.69, 9.17) is 0 Å². The van der Waals surface area contributed by atoms with E-state index in [0.717, 1.165) is 12.0 Å². The van der Waals surface area contributed by atoms with Crippen LogP contribution in [0.5, 0.6) is 0 Å². The highest BCUT2D eigenvalue weighted by Gasteiger charge is 2.76. The van der Waals surface area contributed by atoms with Gasteiger partial charge in [-0.25, -0.2) is 0 Å². The van der Waals surface area contributed by atoms with Gasteiger partial charge in [0.15, 0.2) is 0 Å². The van der Waals surface area contributed by atoms with Gasteiger partial charge in [-0.1, -0.05) is 37.3 Å². The summed E-state index contributed by atoms with van der Waals surface area (Å²) in [6.07, 6.45) is 0.790. The first-order valence-electron chi connectivity index (χ1n) is 11.8. The van der Waals surface area contributed by atoms with Gasteiger partial charge < -0.3 is 20.6 Å². The molecule has 3 N–H and O–H groups in total. The Morgan fingerprint density at radius 3 is 2.52 bits per heavy atom. The lowest BCUT2D eigenvalue weighted by molar-refractivity contribution is -0.142. The minimum Gasteiger partial charge on any atom is -0.394 e. The normalized spacial score (nSPS) is 33.7. The number of aliphatic hydroxyl groups is 1. The summed E-state index contributed by atoms with van der Waals surface area (Å²) < 4.78 is -0.671. The molecule has 3 fully saturated rings. The van der Waals surface area contributed by atoms with Gasteiger partial charge in [-0.15, -0.1) is 11.8 Å². The third-order valence-corrected chi connectivity index (χ3v) is 9.36. The maximum absolute atomic E-state index is 13.8. The number of fused-ring (bicyclic) bond motifs is 1. The molecule has 3 saturated heterocycles. The number of benzene rings is 1. The summed E-state index contributed by atoms with van der Waals surface area (Å²) >= 11 is 1.65. The predicted molar refractivity (Wildman–Crippen MR) is 128 cm³/mol. The molecule has 8 heteroatoms. The molecule has 0 radical (unpaired) electrons. The zero-order chi connectivity index (χ0) is 24.1. The highest BCUT2D eigenvalue weighted by atomic mass is 32.2. The Balaban J connectivity index is 1.67. The molecule has 0 saturated carbocycles. The lowest BCUT2D eigenvalue weighted by atomic mass is 9.65. The van der Waals surface area contributed by atoms with E-state index in [9.17, 15) is 19.5 Å². The zero-order valence-corrected chi connectivity index (χ0v) is 20.8. The smallest absolute Gasteiger partial charge is 0.244 e. The van der Waals surface area contributed by atoms with Gasteiger partial charge >= 0.3 is 0 Å². The van der Waals surface area contributed by atoms with Gasteiger partial charge in [-0.2, -0.15) is 0 Å². The fourth-order valence-corrected chi connectivity index (χ4v) is 8.37. The summed E-state index contributed by atoms with van der Waals surface area (Å²) in [5.74, 6) is -1.47. The van der Waals surface area contributed by atoms with Gasteiger partial charge in [0.25, 0.3) is 0 Å². The van der Waals surface area contributed by atoms with E-state index in [1.807, 2.05) is 51.1 Å². The van der Waals surface area contributed by atoms with Crippen molar-refractivity contribution in [1.82, 2.24) is 15.5 Å². The standard InChI is InChI=1S/C25H35N3O4S/c1-14-11-17-18(21(30)26-12-16-9-7-6-8-10-16)19-23(32)28(15(2)13-29)20(25(14,19)33-17)22(31)27-24(3,4)5/h6-10,14-15,17-20,29H,11-13H2,1-5H3,(H,26,30)(H,27,31)/t14?,15-,17+,18-,19+,20?,25?/m1/s1. The number of hydrogen-bond acceptors (Lipinski definition) is 5. The first kappa shape index (κ1) is 24.1. The number of rotatable bonds is 6. The van der Waals surface area contributed by atoms with Crippen LogP contribution < -0.4 is 10.6 Å². The summed E-state index contributed by atoms with van der Waals surface area (Å²) in [6, 6.07) is 8.48. The number of nitrogens with one attached hydrogen (secondary N) is 2. The van der Waals surface area contributed by atoms with E-state index >= 15 is 0 Å². The lowest BCUT2D eigenvalue weighted by Crippen LogP contribution is -2.60. The number of carbonyl (C=O) groups excluding carboxylic acids is 3. The molecule has 2 bridgehead atoms. The molecule has 0 aromatic heterocycles. The Hall–Kier alpha value is -2.06. The molecule has 3 aliphatic heterocycles. The summed E-state index contributed by atoms with van der Waals surface area (Å²) in [5, 5.41) is 16.0. The van der Waals surface area contributed by atoms with Crippen LogP contribution in [0.15, 0.2) is 30.3 Å². The monoisotopic (exact) mass is 473 g/mol. The molecule has 1 aromatic rings. The van der Waals surface area contributed by atoms with Crippen LogP contribution in [0.2, 0.25) is 0 Å². The molecule has 3 heterocycles. The third-order valence-electron chi connectivity index (χ3n) is 7.28. The fraction of sp³-hybridized carbons (Fsp3) is 0.640. The number of likely N-dealkylation sites (tertiary alicyclic amines) is 1. The van der Waals surface area contributed by atoms with Gasteiger partial charge in [0.2, 0.25) is 17.7 Å². The molecule has 0 aliphatic carbocycles. The Morgan fingerprint density at radius 2 is 1.91 bits per heavy atom. The number of hydrogen-bond donors (Lipinski definition) is 3. The minimum atomic E-state index is -0.715. The molecule has 7 atom stereocenters. The average Bonchev–Trinajstić information content (AvgIpc) is 3.34. The van der Waals surface area contributed by atoms with Crippen LogP contribution in [0.4, 0.5) is 0 Å². The number of amides is 3. The van der Waals surface area contributed by atoms with Crippen LogP contribution in [-0.2, 0) is 20.9 Å². The molecule has 3 unspecified atom stereocenters. The predicted octanol–water partition coefficient (Wildman–Crippen LogP) is 1.94. The number of aliphatic hydroxyl groups excluding tert-OH is 1. The molecule has 180 valence electrons. The Kier molecular flexibility index (Phi) is 6.29. The quantitative estimate of drug-likeness (QED) is 0.587. The number of thioether (sulfide) groups is 1. The van der Waals surface area contributed by atoms with Crippen molar-refractivity contribution in [1.29, 1.82) is 0 Å². The van der Waals surface area contributed by atoms with Gasteiger partial charge in [0, 0.05) is 17.3 Å². The number of nitrogens with zero attached hydrogens (tertiary/aromatic N) is 1. The van der Waals surface area contributed by atoms with E-state index in [0.29, 0.717) is 6.54 Å². The second-order valence-corrected chi connectivity index (χ2v) is 12.3. The van der Waals surface area contributed by atoms with Crippen molar-refractivity contribution in [3.63, 3.8) is 0 Å². The van der Waals surface area contributed by atoms with Crippen LogP contribution in [-0.4, -0.2) is 62.0 Å². The van der Waals surface area contributed by atoms with Crippen LogP contribution >= 0.6 is 11.8 Å². The summed E-state index contributed by atoms with van der Waals surface area (Å²) in [7, 11) is 0. The van der Waals surface area contributed by atoms with Crippen molar-refractivity contribution < 1.29 is 19.5 Å². The SMILES string of the molecule is CC1C[C@@H]2SC13C(C(=O)NC(C)(C)C)N([C@H](C)CO)C(=O)[C@@H]3[C@@H]2C(=O)NCc1ccccc1. The largest absolute Gasteiger partial charge is 0.394 e. The maximum atomic E-state index is 13.8. The molecule has 1 aromatic carbocycles. The van der Waals surface area contributed by atoms with E-state index in [-0.39, 0.29) is 35.5 Å². The molecule has 3 amide bonds. The average molecular weight is 474 g/mol. The van der Waals surface area contributed by atoms with Gasteiger partial charge in [-0.05, 0) is 45.6 Å². The molecule has 33 heavy (non-hydrogen) atoms. The summed E-state index contributed by atoms with van der Waals surface area (Å²) in [5.41, 5.74) is 0.542. The molecule has 1 spiro atoms. The Bertz CT molecular complexity index is 933. The summed E-state index contributed by atoms with van der Waals surface area (Å²) in [6.45, 7) is 9.77. The van der Waals surface area contributed by atoms with Gasteiger partial charge in [0.1, 0.15) is 6.04 Å². The Labute approximate surface area is 200 Å². The molecular formula is C25H35N3O4S. The van der Waals surface area contributed by atoms with Crippen molar-refractivity contribution in [3.05, 3.63) is 35.9 Å². The van der Waals surface area contributed by atoms with E-state index in [1.54, 1.807) is 23.6 Å². The first-order chi connectivity index (χ1) is 15.5. The third kappa shape index (κ3) is 3.95. The summed E-state index contributed by atoms with van der Waals surface area (Å²) in [4.78, 5) is 42.4. The zero-order valence-electron chi connectivity index (χ0n) is 20.0. The van der Waals surface area contributed by atoms with E-state index in [2.05, 4.69) is 17.6 Å². The van der Waals surface area contributed by atoms with Crippen molar-refractivity contribution >= 4 is 29.5 Å². The van der Waals surface area contributed by atoms with E-state index in [1.165, 1.54) is 0 Å². The molecule has 3 aliphatic rings. The topological polar surface area (TPSA) is 98.7 Å². The minimum absolute atomic E-state index is 0.00115. The van der Waals surface area contributed by atoms with Crippen LogP contribution in [0, 0.1) is 17.8 Å². The van der Waals surface area contributed by atoms with Crippen LogP contribution in [0.3, 0.4) is 0 Å². The maximum Gasteiger partial charge on any atom is 0.244 e. The highest BCUT2D eigenvalue weighted by Crippen LogP contribution is 2.68. The van der Waals surface area contributed by atoms with Crippen molar-refractivity contribution in [2.45, 2.75) is 75.2 Å². The van der Waals surface area contributed by atoms with Crippen LogP contribution in [0.1, 0.15) is 46.6 Å². The second kappa shape index (κ2) is 8.62. The molecule has 7 nitrogen and oxygen atoms in total. The number of carbonyl (C=O) groups is 3. The molecular weight excluding hydrogens is 438 g/mol. The van der Waals surface area contributed by atoms with E-state index < -0.39 is 34.2 Å². The lowest BCUT2D eigenvalue weighted by Gasteiger charge is -2.40. The first-order valence-corrected chi connectivity index (χ1v) is 12.6.